The molecule has 4 nitrogen and oxygen atoms in total. The molecule has 0 unspecified atom stereocenters. The molecule has 0 spiro atoms. The molecule has 1 aliphatic rings. The molecule has 0 N–H and O–H groups in total. The maximum atomic E-state index is 11.3. The third-order valence-corrected chi connectivity index (χ3v) is 2.33. The third kappa shape index (κ3) is 2.72. The average molecular weight is 184 g/mol. The Hall–Kier alpha value is -1.06. The van der Waals surface area contributed by atoms with E-state index < -0.39 is 0 Å². The van der Waals surface area contributed by atoms with Crippen LogP contribution in [0.25, 0.3) is 0 Å². The van der Waals surface area contributed by atoms with E-state index in [-0.39, 0.29) is 5.91 Å². The number of carbonyl (C=O) groups is 2. The number of carbonyl (C=O) groups excluding carboxylic acids is 2. The molecule has 0 saturated carbocycles. The van der Waals surface area contributed by atoms with E-state index in [2.05, 4.69) is 0 Å². The summed E-state index contributed by atoms with van der Waals surface area (Å²) in [5.41, 5.74) is 0. The smallest absolute Gasteiger partial charge is 0.222 e. The molecule has 1 aliphatic heterocycles. The van der Waals surface area contributed by atoms with Crippen molar-refractivity contribution in [2.24, 2.45) is 0 Å². The molecule has 0 aliphatic carbocycles. The Morgan fingerprint density at radius 2 is 2.08 bits per heavy atom. The van der Waals surface area contributed by atoms with Crippen LogP contribution in [0.4, 0.5) is 0 Å². The van der Waals surface area contributed by atoms with Gasteiger partial charge < -0.3 is 9.80 Å². The largest absolute Gasteiger partial charge is 0.343 e. The maximum Gasteiger partial charge on any atom is 0.222 e. The fraction of sp³-hybridized carbons (Fsp3) is 0.778. The standard InChI is InChI=1S/C9H16N2O2/c1-2-9(13)11-5-3-4-10(8-12)6-7-11/h8H,2-7H2,1H3. The first-order chi connectivity index (χ1) is 6.27. The van der Waals surface area contributed by atoms with Crippen LogP contribution in [0.5, 0.6) is 0 Å². The van der Waals surface area contributed by atoms with Crippen molar-refractivity contribution in [3.8, 4) is 0 Å². The van der Waals surface area contributed by atoms with E-state index in [0.29, 0.717) is 19.5 Å². The zero-order chi connectivity index (χ0) is 9.68. The van der Waals surface area contributed by atoms with Gasteiger partial charge in [0.2, 0.25) is 12.3 Å². The summed E-state index contributed by atoms with van der Waals surface area (Å²) in [6.07, 6.45) is 2.31. The highest BCUT2D eigenvalue weighted by atomic mass is 16.2. The summed E-state index contributed by atoms with van der Waals surface area (Å²) in [6.45, 7) is 4.79. The molecule has 0 bridgehead atoms. The zero-order valence-corrected chi connectivity index (χ0v) is 8.03. The number of rotatable bonds is 2. The fourth-order valence-electron chi connectivity index (χ4n) is 1.52. The van der Waals surface area contributed by atoms with Crippen molar-refractivity contribution in [2.75, 3.05) is 26.2 Å². The minimum absolute atomic E-state index is 0.188. The third-order valence-electron chi connectivity index (χ3n) is 2.33. The molecule has 1 rings (SSSR count). The maximum absolute atomic E-state index is 11.3. The van der Waals surface area contributed by atoms with Crippen LogP contribution in [0.1, 0.15) is 19.8 Å². The van der Waals surface area contributed by atoms with Crippen LogP contribution in [0, 0.1) is 0 Å². The van der Waals surface area contributed by atoms with Gasteiger partial charge in [-0.3, -0.25) is 9.59 Å². The lowest BCUT2D eigenvalue weighted by Gasteiger charge is -2.19. The summed E-state index contributed by atoms with van der Waals surface area (Å²) in [4.78, 5) is 25.4. The lowest BCUT2D eigenvalue weighted by Crippen LogP contribution is -2.34. The van der Waals surface area contributed by atoms with Crippen LogP contribution in [0.15, 0.2) is 0 Å². The van der Waals surface area contributed by atoms with Gasteiger partial charge in [0.25, 0.3) is 0 Å². The van der Waals surface area contributed by atoms with Gasteiger partial charge in [-0.05, 0) is 6.42 Å². The molecular formula is C9H16N2O2. The van der Waals surface area contributed by atoms with Crippen molar-refractivity contribution in [1.29, 1.82) is 0 Å². The number of nitrogens with zero attached hydrogens (tertiary/aromatic N) is 2. The predicted molar refractivity (Wildman–Crippen MR) is 49.1 cm³/mol. The number of amides is 2. The SMILES string of the molecule is CCC(=O)N1CCCN(C=O)CC1. The lowest BCUT2D eigenvalue weighted by atomic mass is 10.3. The van der Waals surface area contributed by atoms with Crippen molar-refractivity contribution in [3.05, 3.63) is 0 Å². The molecule has 0 aromatic rings. The van der Waals surface area contributed by atoms with Crippen LogP contribution >= 0.6 is 0 Å². The van der Waals surface area contributed by atoms with Gasteiger partial charge in [-0.1, -0.05) is 6.92 Å². The highest BCUT2D eigenvalue weighted by Gasteiger charge is 2.16. The Bertz CT molecular complexity index is 194. The molecule has 1 fully saturated rings. The molecule has 0 radical (unpaired) electrons. The monoisotopic (exact) mass is 184 g/mol. The van der Waals surface area contributed by atoms with Crippen molar-refractivity contribution in [2.45, 2.75) is 19.8 Å². The summed E-state index contributed by atoms with van der Waals surface area (Å²) < 4.78 is 0. The fourth-order valence-corrected chi connectivity index (χ4v) is 1.52. The van der Waals surface area contributed by atoms with E-state index in [1.807, 2.05) is 11.8 Å². The number of hydrogen-bond donors (Lipinski definition) is 0. The van der Waals surface area contributed by atoms with Crippen molar-refractivity contribution < 1.29 is 9.59 Å². The van der Waals surface area contributed by atoms with Crippen molar-refractivity contribution in [3.63, 3.8) is 0 Å². The summed E-state index contributed by atoms with van der Waals surface area (Å²) in [5.74, 6) is 0.188. The van der Waals surface area contributed by atoms with E-state index in [1.54, 1.807) is 4.90 Å². The van der Waals surface area contributed by atoms with Crippen LogP contribution in [-0.2, 0) is 9.59 Å². The summed E-state index contributed by atoms with van der Waals surface area (Å²) >= 11 is 0. The molecule has 74 valence electrons. The second-order valence-corrected chi connectivity index (χ2v) is 3.23. The minimum Gasteiger partial charge on any atom is -0.343 e. The van der Waals surface area contributed by atoms with Crippen LogP contribution in [0.3, 0.4) is 0 Å². The van der Waals surface area contributed by atoms with Gasteiger partial charge >= 0.3 is 0 Å². The van der Waals surface area contributed by atoms with Crippen molar-refractivity contribution >= 4 is 12.3 Å². The second-order valence-electron chi connectivity index (χ2n) is 3.23. The van der Waals surface area contributed by atoms with E-state index in [9.17, 15) is 9.59 Å². The van der Waals surface area contributed by atoms with Crippen LogP contribution < -0.4 is 0 Å². The normalized spacial score (nSPS) is 18.2. The molecule has 0 atom stereocenters. The Balaban J connectivity index is 2.44. The van der Waals surface area contributed by atoms with Gasteiger partial charge in [0, 0.05) is 32.6 Å². The topological polar surface area (TPSA) is 40.6 Å². The molecule has 0 aromatic heterocycles. The average Bonchev–Trinajstić information content (AvgIpc) is 2.41. The highest BCUT2D eigenvalue weighted by Crippen LogP contribution is 2.02. The quantitative estimate of drug-likeness (QED) is 0.570. The van der Waals surface area contributed by atoms with E-state index in [4.69, 9.17) is 0 Å². The van der Waals surface area contributed by atoms with Gasteiger partial charge in [0.1, 0.15) is 0 Å². The molecule has 1 saturated heterocycles. The Labute approximate surface area is 78.5 Å². The summed E-state index contributed by atoms with van der Waals surface area (Å²) in [5, 5.41) is 0. The molecule has 4 heteroatoms. The Morgan fingerprint density at radius 1 is 1.31 bits per heavy atom. The summed E-state index contributed by atoms with van der Waals surface area (Å²) in [6, 6.07) is 0. The number of hydrogen-bond acceptors (Lipinski definition) is 2. The van der Waals surface area contributed by atoms with Gasteiger partial charge in [-0.25, -0.2) is 0 Å². The van der Waals surface area contributed by atoms with Crippen molar-refractivity contribution in [1.82, 2.24) is 9.80 Å². The van der Waals surface area contributed by atoms with Crippen LogP contribution in [0.2, 0.25) is 0 Å². The lowest BCUT2D eigenvalue weighted by molar-refractivity contribution is -0.131. The molecule has 13 heavy (non-hydrogen) atoms. The van der Waals surface area contributed by atoms with Gasteiger partial charge in [-0.2, -0.15) is 0 Å². The Kier molecular flexibility index (Phi) is 3.73. The Morgan fingerprint density at radius 3 is 2.69 bits per heavy atom. The molecule has 2 amide bonds. The van der Waals surface area contributed by atoms with E-state index in [0.717, 1.165) is 25.9 Å². The molecule has 0 aromatic carbocycles. The summed E-state index contributed by atoms with van der Waals surface area (Å²) in [7, 11) is 0. The molecular weight excluding hydrogens is 168 g/mol. The predicted octanol–water partition coefficient (Wildman–Crippen LogP) is 0.0871. The van der Waals surface area contributed by atoms with Gasteiger partial charge in [0.05, 0.1) is 0 Å². The van der Waals surface area contributed by atoms with E-state index in [1.165, 1.54) is 0 Å². The first-order valence-corrected chi connectivity index (χ1v) is 4.75. The van der Waals surface area contributed by atoms with E-state index >= 15 is 0 Å². The first-order valence-electron chi connectivity index (χ1n) is 4.75. The zero-order valence-electron chi connectivity index (χ0n) is 8.03. The second kappa shape index (κ2) is 4.84. The highest BCUT2D eigenvalue weighted by molar-refractivity contribution is 5.75. The molecule has 1 heterocycles. The van der Waals surface area contributed by atoms with Gasteiger partial charge in [0.15, 0.2) is 0 Å². The minimum atomic E-state index is 0.188. The van der Waals surface area contributed by atoms with Gasteiger partial charge in [-0.15, -0.1) is 0 Å². The first kappa shape index (κ1) is 10.0. The van der Waals surface area contributed by atoms with Crippen LogP contribution in [-0.4, -0.2) is 48.3 Å².